The molecule has 0 spiro atoms. The summed E-state index contributed by atoms with van der Waals surface area (Å²) in [5.41, 5.74) is 28.5. The fraction of sp³-hybridized carbons (Fsp3) is 0.500. The Labute approximate surface area is 438 Å². The molecular formula is C54H76N10O11. The molecule has 0 saturated heterocycles. The third kappa shape index (κ3) is 17.2. The molecule has 0 unspecified atom stereocenters. The summed E-state index contributed by atoms with van der Waals surface area (Å²) in [4.78, 5) is 124. The van der Waals surface area contributed by atoms with E-state index in [1.54, 1.807) is 39.8 Å². The molecule has 1 aliphatic rings. The third-order valence-electron chi connectivity index (χ3n) is 12.5. The quantitative estimate of drug-likeness (QED) is 0.0334. The van der Waals surface area contributed by atoms with Crippen LogP contribution in [0.2, 0.25) is 0 Å². The first kappa shape index (κ1) is 60.5. The summed E-state index contributed by atoms with van der Waals surface area (Å²) in [6.45, 7) is 10.1. The number of methoxy groups -OCH3 is 1. The number of carbonyl (C=O) groups is 9. The number of Topliss-reactive ketones (excluding diaryl/α,β-unsaturated/α-hetero) is 3. The second-order valence-corrected chi connectivity index (χ2v) is 19.9. The fourth-order valence-corrected chi connectivity index (χ4v) is 8.77. The van der Waals surface area contributed by atoms with Gasteiger partial charge in [-0.2, -0.15) is 0 Å². The van der Waals surface area contributed by atoms with Crippen LogP contribution in [0.25, 0.3) is 11.1 Å². The zero-order valence-corrected chi connectivity index (χ0v) is 43.9. The molecule has 0 radical (unpaired) electrons. The number of nitrogens with two attached hydrogens (primary N) is 4. The molecule has 1 aliphatic carbocycles. The normalized spacial score (nSPS) is 14.7. The van der Waals surface area contributed by atoms with Gasteiger partial charge in [0.05, 0.1) is 30.8 Å². The van der Waals surface area contributed by atoms with E-state index in [1.807, 2.05) is 62.4 Å². The van der Waals surface area contributed by atoms with Crippen molar-refractivity contribution in [2.75, 3.05) is 33.4 Å². The zero-order valence-electron chi connectivity index (χ0n) is 43.9. The van der Waals surface area contributed by atoms with Crippen LogP contribution in [0.1, 0.15) is 101 Å². The second kappa shape index (κ2) is 29.1. The third-order valence-corrected chi connectivity index (χ3v) is 12.5. The Morgan fingerprint density at radius 2 is 0.973 bits per heavy atom. The largest absolute Gasteiger partial charge is 0.496 e. The van der Waals surface area contributed by atoms with Crippen molar-refractivity contribution in [2.45, 2.75) is 122 Å². The van der Waals surface area contributed by atoms with Crippen molar-refractivity contribution in [1.29, 1.82) is 0 Å². The Hall–Kier alpha value is -7.07. The number of amides is 6. The van der Waals surface area contributed by atoms with Crippen LogP contribution in [0.5, 0.6) is 5.75 Å². The van der Waals surface area contributed by atoms with E-state index in [2.05, 4.69) is 31.9 Å². The maximum absolute atomic E-state index is 14.1. The van der Waals surface area contributed by atoms with E-state index in [4.69, 9.17) is 32.4 Å². The molecule has 3 aromatic carbocycles. The van der Waals surface area contributed by atoms with Gasteiger partial charge in [0.25, 0.3) is 11.8 Å². The lowest BCUT2D eigenvalue weighted by atomic mass is 9.94. The van der Waals surface area contributed by atoms with Crippen LogP contribution < -0.4 is 59.6 Å². The van der Waals surface area contributed by atoms with Gasteiger partial charge in [-0.1, -0.05) is 102 Å². The van der Waals surface area contributed by atoms with Gasteiger partial charge >= 0.3 is 6.09 Å². The Morgan fingerprint density at radius 1 is 0.547 bits per heavy atom. The van der Waals surface area contributed by atoms with Crippen LogP contribution in [0.15, 0.2) is 72.8 Å². The second-order valence-electron chi connectivity index (χ2n) is 19.9. The van der Waals surface area contributed by atoms with Gasteiger partial charge < -0.3 is 64.3 Å². The summed E-state index contributed by atoms with van der Waals surface area (Å²) >= 11 is 0. The molecule has 7 atom stereocenters. The van der Waals surface area contributed by atoms with Crippen LogP contribution in [0.3, 0.4) is 0 Å². The number of hydrogen-bond acceptors (Lipinski definition) is 15. The lowest BCUT2D eigenvalue weighted by Crippen LogP contribution is -2.63. The molecular weight excluding hydrogens is 965 g/mol. The lowest BCUT2D eigenvalue weighted by Gasteiger charge is -2.26. The summed E-state index contributed by atoms with van der Waals surface area (Å²) in [5.74, 6) is -8.17. The summed E-state index contributed by atoms with van der Waals surface area (Å²) in [5, 5.41) is 14.7. The van der Waals surface area contributed by atoms with Crippen LogP contribution in [-0.4, -0.2) is 129 Å². The molecule has 21 nitrogen and oxygen atoms in total. The highest BCUT2D eigenvalue weighted by Gasteiger charge is 2.40. The number of fused-ring (bicyclic) bond motifs is 3. The lowest BCUT2D eigenvalue weighted by molar-refractivity contribution is -0.139. The summed E-state index contributed by atoms with van der Waals surface area (Å²) in [6, 6.07) is 10.8. The van der Waals surface area contributed by atoms with Crippen LogP contribution in [-0.2, 0) is 38.3 Å². The van der Waals surface area contributed by atoms with E-state index < -0.39 is 102 Å². The smallest absolute Gasteiger partial charge is 0.407 e. The van der Waals surface area contributed by atoms with Gasteiger partial charge in [-0.25, -0.2) is 4.79 Å². The molecule has 4 rings (SSSR count). The van der Waals surface area contributed by atoms with E-state index in [1.165, 1.54) is 19.2 Å². The highest BCUT2D eigenvalue weighted by Crippen LogP contribution is 2.44. The monoisotopic (exact) mass is 1040 g/mol. The van der Waals surface area contributed by atoms with Crippen molar-refractivity contribution < 1.29 is 52.6 Å². The Balaban J connectivity index is 1.49. The van der Waals surface area contributed by atoms with E-state index in [0.717, 1.165) is 22.3 Å². The molecule has 75 heavy (non-hydrogen) atoms. The van der Waals surface area contributed by atoms with Crippen molar-refractivity contribution in [2.24, 2.45) is 40.7 Å². The summed E-state index contributed by atoms with van der Waals surface area (Å²) in [7, 11) is 1.33. The number of alkyl carbamates (subject to hydrolysis) is 1. The first-order chi connectivity index (χ1) is 35.6. The average Bonchev–Trinajstić information content (AvgIpc) is 3.69. The van der Waals surface area contributed by atoms with Gasteiger partial charge in [-0.3, -0.25) is 38.4 Å². The summed E-state index contributed by atoms with van der Waals surface area (Å²) < 4.78 is 11.0. The van der Waals surface area contributed by atoms with Gasteiger partial charge in [0.15, 0.2) is 35.5 Å². The zero-order chi connectivity index (χ0) is 55.5. The summed E-state index contributed by atoms with van der Waals surface area (Å²) in [6.07, 6.45) is -0.233. The molecule has 0 saturated carbocycles. The van der Waals surface area contributed by atoms with Gasteiger partial charge in [-0.05, 0) is 90.8 Å². The predicted molar refractivity (Wildman–Crippen MR) is 282 cm³/mol. The maximum Gasteiger partial charge on any atom is 0.407 e. The number of para-hydroxylation sites is 1. The molecule has 3 aromatic rings. The molecule has 21 heteroatoms. The number of ketones is 3. The van der Waals surface area contributed by atoms with Crippen LogP contribution >= 0.6 is 0 Å². The number of nitrogens with one attached hydrogen (secondary N) is 6. The van der Waals surface area contributed by atoms with Crippen molar-refractivity contribution in [3.05, 3.63) is 89.5 Å². The Bertz CT molecular complexity index is 2460. The minimum absolute atomic E-state index is 0.0172. The number of rotatable bonds is 30. The molecule has 0 heterocycles. The SMILES string of the molecule is COc1ccccc1C(=O)N[C@H](C(=O)N[C@H](C(=O)NCCNC(=O)[C@@H](NC(=O)[C@H](CCCN)NC(=O)OCC1c2ccccc2-c2ccccc21)C(=O)[C@@H](N)CC(C)C)C(=O)[C@@H](N)CC(C)C)C(=O)[C@@H](N)CC(C)C. The van der Waals surface area contributed by atoms with E-state index in [0.29, 0.717) is 0 Å². The molecule has 0 aliphatic heterocycles. The highest BCUT2D eigenvalue weighted by molar-refractivity contribution is 6.16. The van der Waals surface area contributed by atoms with E-state index in [-0.39, 0.29) is 86.8 Å². The number of benzene rings is 3. The molecule has 6 amide bonds. The predicted octanol–water partition coefficient (Wildman–Crippen LogP) is 1.47. The molecule has 0 aromatic heterocycles. The van der Waals surface area contributed by atoms with E-state index in [9.17, 15) is 43.2 Å². The van der Waals surface area contributed by atoms with Crippen molar-refractivity contribution in [3.8, 4) is 16.9 Å². The number of hydrogen-bond donors (Lipinski definition) is 10. The van der Waals surface area contributed by atoms with Crippen molar-refractivity contribution in [1.82, 2.24) is 31.9 Å². The van der Waals surface area contributed by atoms with Crippen molar-refractivity contribution >= 4 is 53.0 Å². The standard InChI is InChI=1S/C54H76N10O11/c1-29(2)25-38(56)46(65)43(63-50(69)41(20-14-22-55)61-54(73)75-28-37-34-17-10-8-15-32(34)33-16-9-11-18-35(33)37)51(70)59-23-24-60-52(71)44(47(66)39(57)26-30(3)4)64-53(72)45(48(67)40(58)27-31(5)6)62-49(68)36-19-12-13-21-42(36)74-7/h8-13,15-19,21,29-31,37-41,43-45H,14,20,22-28,55-58H2,1-7H3,(H,59,70)(H,60,71)(H,61,73)(H,62,68)(H,63,69)(H,64,72)/t38-,39-,40-,41-,43-,44-,45-/m0/s1. The van der Waals surface area contributed by atoms with Gasteiger partial charge in [0.2, 0.25) is 17.7 Å². The molecule has 408 valence electrons. The minimum Gasteiger partial charge on any atom is -0.496 e. The van der Waals surface area contributed by atoms with Crippen molar-refractivity contribution in [3.63, 3.8) is 0 Å². The number of ether oxygens (including phenoxy) is 2. The Kier molecular flexibility index (Phi) is 23.5. The topological polar surface area (TPSA) is 348 Å². The van der Waals surface area contributed by atoms with Gasteiger partial charge in [0, 0.05) is 19.0 Å². The average molecular weight is 1040 g/mol. The first-order valence-corrected chi connectivity index (χ1v) is 25.4. The minimum atomic E-state index is -2.00. The van der Waals surface area contributed by atoms with Crippen LogP contribution in [0, 0.1) is 17.8 Å². The Morgan fingerprint density at radius 3 is 1.43 bits per heavy atom. The maximum atomic E-state index is 14.1. The van der Waals surface area contributed by atoms with Gasteiger partial charge in [-0.15, -0.1) is 0 Å². The molecule has 0 fully saturated rings. The fourth-order valence-electron chi connectivity index (χ4n) is 8.77. The van der Waals surface area contributed by atoms with Gasteiger partial charge in [0.1, 0.15) is 18.4 Å². The highest BCUT2D eigenvalue weighted by atomic mass is 16.5. The molecule has 0 bridgehead atoms. The first-order valence-electron chi connectivity index (χ1n) is 25.4. The number of carbonyl (C=O) groups excluding carboxylic acids is 9. The molecule has 14 N–H and O–H groups in total. The van der Waals surface area contributed by atoms with E-state index >= 15 is 0 Å². The van der Waals surface area contributed by atoms with Crippen LogP contribution in [0.4, 0.5) is 4.79 Å².